The van der Waals surface area contributed by atoms with E-state index in [0.717, 1.165) is 0 Å². The van der Waals surface area contributed by atoms with E-state index in [1.54, 1.807) is 0 Å². The number of nitrogens with zero attached hydrogens (tertiary/aromatic N) is 1. The Bertz CT molecular complexity index is 510. The molecular formula is C12H10F3NO3. The lowest BCUT2D eigenvalue weighted by Gasteiger charge is -2.16. The fourth-order valence-electron chi connectivity index (χ4n) is 1.89. The van der Waals surface area contributed by atoms with Gasteiger partial charge in [0, 0.05) is 6.42 Å². The maximum Gasteiger partial charge on any atom is 0.401 e. The number of amides is 2. The number of imide groups is 1. The first-order valence-electron chi connectivity index (χ1n) is 5.42. The van der Waals surface area contributed by atoms with Crippen molar-refractivity contribution in [3.63, 3.8) is 0 Å². The number of methoxy groups -OCH3 is 1. The molecule has 19 heavy (non-hydrogen) atoms. The van der Waals surface area contributed by atoms with Crippen LogP contribution in [0, 0.1) is 5.92 Å². The van der Waals surface area contributed by atoms with Gasteiger partial charge in [-0.15, -0.1) is 0 Å². The summed E-state index contributed by atoms with van der Waals surface area (Å²) >= 11 is 0. The lowest BCUT2D eigenvalue weighted by atomic mass is 10.1. The van der Waals surface area contributed by atoms with E-state index in [-0.39, 0.29) is 5.69 Å². The van der Waals surface area contributed by atoms with E-state index in [9.17, 15) is 22.8 Å². The lowest BCUT2D eigenvalue weighted by Crippen LogP contribution is -2.34. The molecule has 0 N–H and O–H groups in total. The van der Waals surface area contributed by atoms with Crippen molar-refractivity contribution in [1.82, 2.24) is 0 Å². The summed E-state index contributed by atoms with van der Waals surface area (Å²) in [6.07, 6.45) is -5.54. The second kappa shape index (κ2) is 4.56. The van der Waals surface area contributed by atoms with Crippen molar-refractivity contribution >= 4 is 17.5 Å². The molecule has 102 valence electrons. The molecule has 1 aromatic rings. The lowest BCUT2D eigenvalue weighted by molar-refractivity contribution is -0.178. The van der Waals surface area contributed by atoms with Crippen LogP contribution in [0.25, 0.3) is 0 Å². The Labute approximate surface area is 106 Å². The van der Waals surface area contributed by atoms with Gasteiger partial charge >= 0.3 is 6.18 Å². The van der Waals surface area contributed by atoms with Gasteiger partial charge in [-0.05, 0) is 24.3 Å². The summed E-state index contributed by atoms with van der Waals surface area (Å²) in [5.41, 5.74) is 0.113. The first-order valence-corrected chi connectivity index (χ1v) is 5.42. The van der Waals surface area contributed by atoms with Crippen molar-refractivity contribution in [3.8, 4) is 5.75 Å². The average Bonchev–Trinajstić information content (AvgIpc) is 2.65. The molecule has 1 saturated heterocycles. The molecule has 0 saturated carbocycles. The van der Waals surface area contributed by atoms with Crippen molar-refractivity contribution in [2.75, 3.05) is 12.0 Å². The van der Waals surface area contributed by atoms with Gasteiger partial charge in [0.05, 0.1) is 12.8 Å². The molecule has 1 fully saturated rings. The molecule has 1 atom stereocenters. The van der Waals surface area contributed by atoms with Crippen LogP contribution >= 0.6 is 0 Å². The number of anilines is 1. The van der Waals surface area contributed by atoms with Gasteiger partial charge in [0.25, 0.3) is 0 Å². The van der Waals surface area contributed by atoms with Crippen LogP contribution in [0.2, 0.25) is 0 Å². The third-order valence-corrected chi connectivity index (χ3v) is 2.87. The number of hydrogen-bond acceptors (Lipinski definition) is 3. The number of alkyl halides is 3. The van der Waals surface area contributed by atoms with E-state index in [1.165, 1.54) is 31.4 Å². The van der Waals surface area contributed by atoms with E-state index in [2.05, 4.69) is 0 Å². The van der Waals surface area contributed by atoms with Crippen molar-refractivity contribution in [1.29, 1.82) is 0 Å². The normalized spacial score (nSPS) is 20.0. The Morgan fingerprint density at radius 3 is 2.21 bits per heavy atom. The Balaban J connectivity index is 2.29. The first-order chi connectivity index (χ1) is 8.84. The number of ether oxygens (including phenoxy) is 1. The predicted octanol–water partition coefficient (Wildman–Crippen LogP) is 2.14. The Morgan fingerprint density at radius 2 is 1.79 bits per heavy atom. The minimum atomic E-state index is -4.70. The molecule has 0 aromatic heterocycles. The van der Waals surface area contributed by atoms with Gasteiger partial charge in [0.2, 0.25) is 11.8 Å². The third-order valence-electron chi connectivity index (χ3n) is 2.87. The summed E-state index contributed by atoms with van der Waals surface area (Å²) in [4.78, 5) is 23.8. The molecular weight excluding hydrogens is 263 g/mol. The van der Waals surface area contributed by atoms with Crippen LogP contribution in [-0.2, 0) is 9.59 Å². The maximum atomic E-state index is 12.6. The van der Waals surface area contributed by atoms with Crippen LogP contribution in [0.5, 0.6) is 5.75 Å². The second-order valence-corrected chi connectivity index (χ2v) is 4.06. The van der Waals surface area contributed by atoms with E-state index in [0.29, 0.717) is 10.6 Å². The maximum absolute atomic E-state index is 12.6. The zero-order valence-corrected chi connectivity index (χ0v) is 9.90. The second-order valence-electron chi connectivity index (χ2n) is 4.06. The Morgan fingerprint density at radius 1 is 1.21 bits per heavy atom. The van der Waals surface area contributed by atoms with Crippen LogP contribution in [0.1, 0.15) is 6.42 Å². The van der Waals surface area contributed by atoms with Gasteiger partial charge in [-0.2, -0.15) is 13.2 Å². The van der Waals surface area contributed by atoms with E-state index >= 15 is 0 Å². The first kappa shape index (κ1) is 13.4. The fourth-order valence-corrected chi connectivity index (χ4v) is 1.89. The molecule has 2 rings (SSSR count). The summed E-state index contributed by atoms with van der Waals surface area (Å²) in [6, 6.07) is 5.67. The van der Waals surface area contributed by atoms with Gasteiger partial charge < -0.3 is 4.74 Å². The smallest absolute Gasteiger partial charge is 0.401 e. The van der Waals surface area contributed by atoms with Crippen LogP contribution in [0.3, 0.4) is 0 Å². The van der Waals surface area contributed by atoms with Crippen molar-refractivity contribution in [2.24, 2.45) is 5.92 Å². The molecule has 1 heterocycles. The number of carbonyl (C=O) groups excluding carboxylic acids is 2. The molecule has 4 nitrogen and oxygen atoms in total. The fraction of sp³-hybridized carbons (Fsp3) is 0.333. The molecule has 0 radical (unpaired) electrons. The van der Waals surface area contributed by atoms with Crippen molar-refractivity contribution in [3.05, 3.63) is 24.3 Å². The Kier molecular flexibility index (Phi) is 3.21. The SMILES string of the molecule is COc1ccc(N2C(=O)CC(C(F)(F)F)C2=O)cc1. The Hall–Kier alpha value is -2.05. The van der Waals surface area contributed by atoms with Gasteiger partial charge in [0.15, 0.2) is 0 Å². The minimum absolute atomic E-state index is 0.113. The van der Waals surface area contributed by atoms with Crippen molar-refractivity contribution < 1.29 is 27.5 Å². The average molecular weight is 273 g/mol. The van der Waals surface area contributed by atoms with Crippen molar-refractivity contribution in [2.45, 2.75) is 12.6 Å². The zero-order valence-electron chi connectivity index (χ0n) is 9.90. The largest absolute Gasteiger partial charge is 0.497 e. The number of hydrogen-bond donors (Lipinski definition) is 0. The molecule has 0 bridgehead atoms. The topological polar surface area (TPSA) is 46.6 Å². The summed E-state index contributed by atoms with van der Waals surface area (Å²) in [5.74, 6) is -3.85. The van der Waals surface area contributed by atoms with Crippen LogP contribution in [-0.4, -0.2) is 25.1 Å². The number of carbonyl (C=O) groups is 2. The van der Waals surface area contributed by atoms with Gasteiger partial charge in [-0.25, -0.2) is 0 Å². The van der Waals surface area contributed by atoms with E-state index in [4.69, 9.17) is 4.74 Å². The third kappa shape index (κ3) is 2.40. The van der Waals surface area contributed by atoms with Crippen LogP contribution in [0.4, 0.5) is 18.9 Å². The number of benzene rings is 1. The number of halogens is 3. The monoisotopic (exact) mass is 273 g/mol. The summed E-state index contributed by atoms with van der Waals surface area (Å²) in [7, 11) is 1.43. The molecule has 1 aliphatic rings. The van der Waals surface area contributed by atoms with E-state index in [1.807, 2.05) is 0 Å². The molecule has 1 aliphatic heterocycles. The standard InChI is InChI=1S/C12H10F3NO3/c1-19-8-4-2-7(3-5-8)16-10(17)6-9(11(16)18)12(13,14)15/h2-5,9H,6H2,1H3. The highest BCUT2D eigenvalue weighted by Crippen LogP contribution is 2.37. The van der Waals surface area contributed by atoms with Gasteiger partial charge in [-0.3, -0.25) is 14.5 Å². The molecule has 7 heteroatoms. The van der Waals surface area contributed by atoms with Gasteiger partial charge in [-0.1, -0.05) is 0 Å². The van der Waals surface area contributed by atoms with Crippen LogP contribution in [0.15, 0.2) is 24.3 Å². The number of rotatable bonds is 2. The molecule has 0 aliphatic carbocycles. The summed E-state index contributed by atoms with van der Waals surface area (Å²) in [5, 5.41) is 0. The molecule has 0 spiro atoms. The van der Waals surface area contributed by atoms with Crippen LogP contribution < -0.4 is 9.64 Å². The summed E-state index contributed by atoms with van der Waals surface area (Å²) < 4.78 is 42.6. The quantitative estimate of drug-likeness (QED) is 0.775. The zero-order chi connectivity index (χ0) is 14.2. The minimum Gasteiger partial charge on any atom is -0.497 e. The van der Waals surface area contributed by atoms with Gasteiger partial charge in [0.1, 0.15) is 11.7 Å². The molecule has 2 amide bonds. The highest BCUT2D eigenvalue weighted by molar-refractivity contribution is 6.21. The highest BCUT2D eigenvalue weighted by atomic mass is 19.4. The summed E-state index contributed by atoms with van der Waals surface area (Å²) in [6.45, 7) is 0. The molecule has 1 aromatic carbocycles. The van der Waals surface area contributed by atoms with E-state index < -0.39 is 30.3 Å². The molecule has 1 unspecified atom stereocenters. The highest BCUT2D eigenvalue weighted by Gasteiger charge is 2.54. The predicted molar refractivity (Wildman–Crippen MR) is 59.6 cm³/mol.